The van der Waals surface area contributed by atoms with Gasteiger partial charge in [0.2, 0.25) is 5.95 Å². The van der Waals surface area contributed by atoms with Crippen LogP contribution in [-0.2, 0) is 16.0 Å². The molecule has 4 aromatic rings. The molecule has 2 bridgehead atoms. The molecule has 1 unspecified atom stereocenters. The molecule has 2 aliphatic heterocycles. The highest BCUT2D eigenvalue weighted by Gasteiger charge is 2.42. The summed E-state index contributed by atoms with van der Waals surface area (Å²) in [5.74, 6) is 1.41. The predicted octanol–water partition coefficient (Wildman–Crippen LogP) is 4.81. The molecule has 5 heterocycles. The third-order valence-corrected chi connectivity index (χ3v) is 10.1. The van der Waals surface area contributed by atoms with E-state index in [1.54, 1.807) is 30.3 Å². The van der Waals surface area contributed by atoms with Crippen LogP contribution < -0.4 is 14.8 Å². The normalized spacial score (nSPS) is 22.7. The van der Waals surface area contributed by atoms with Gasteiger partial charge in [0.05, 0.1) is 50.8 Å². The van der Waals surface area contributed by atoms with Crippen molar-refractivity contribution in [2.75, 3.05) is 38.9 Å². The Morgan fingerprint density at radius 2 is 1.73 bits per heavy atom. The highest BCUT2D eigenvalue weighted by atomic mass is 16.5. The standard InChI is InChI=1S/C36H47N11O4/c1-24(17-45-23-40-43-44-45)51-33-13-25(5-6-26(33)14-37)27-15-38-35(39-16-27)41-32-18-46(42-34(32)50-22-36(2,3)21-48-4)28-7-9-29(10-8-28)47-30-11-12-31(47)20-49-19-30/h5-6,13,15-16,18,23-24,28-31H,7-12,17,19-22H2,1-4H3,(H,38,39,41)/t24?,28?,29?,30-,31+. The van der Waals surface area contributed by atoms with Gasteiger partial charge in [-0.25, -0.2) is 14.6 Å². The van der Waals surface area contributed by atoms with E-state index in [0.29, 0.717) is 61.0 Å². The van der Waals surface area contributed by atoms with Gasteiger partial charge in [0.25, 0.3) is 5.88 Å². The summed E-state index contributed by atoms with van der Waals surface area (Å²) in [6.07, 6.45) is 13.7. The van der Waals surface area contributed by atoms with Gasteiger partial charge in [-0.3, -0.25) is 9.58 Å². The van der Waals surface area contributed by atoms with Crippen LogP contribution in [0.5, 0.6) is 11.6 Å². The molecule has 0 spiro atoms. The second-order valence-corrected chi connectivity index (χ2v) is 14.7. The minimum atomic E-state index is -0.272. The van der Waals surface area contributed by atoms with Gasteiger partial charge < -0.3 is 24.3 Å². The second-order valence-electron chi connectivity index (χ2n) is 14.7. The van der Waals surface area contributed by atoms with E-state index in [0.717, 1.165) is 55.7 Å². The number of morpholine rings is 1. The molecule has 0 amide bonds. The fraction of sp³-hybridized carbons (Fsp3) is 0.583. The topological polar surface area (TPSA) is 163 Å². The first-order chi connectivity index (χ1) is 24.8. The van der Waals surface area contributed by atoms with Crippen LogP contribution in [0.15, 0.2) is 43.1 Å². The quantitative estimate of drug-likeness (QED) is 0.191. The van der Waals surface area contributed by atoms with Crippen molar-refractivity contribution in [2.45, 2.75) is 96.1 Å². The van der Waals surface area contributed by atoms with Gasteiger partial charge in [-0.2, -0.15) is 5.26 Å². The molecule has 0 radical (unpaired) electrons. The Kier molecular flexibility index (Phi) is 10.4. The van der Waals surface area contributed by atoms with Gasteiger partial charge in [0.15, 0.2) is 0 Å². The number of methoxy groups -OCH3 is 1. The molecule has 3 atom stereocenters. The average Bonchev–Trinajstić information content (AvgIpc) is 3.85. The monoisotopic (exact) mass is 697 g/mol. The molecule has 3 aromatic heterocycles. The van der Waals surface area contributed by atoms with E-state index >= 15 is 0 Å². The molecular weight excluding hydrogens is 650 g/mol. The van der Waals surface area contributed by atoms with E-state index < -0.39 is 0 Å². The Hall–Kier alpha value is -4.65. The number of aromatic nitrogens is 8. The first kappa shape index (κ1) is 34.8. The van der Waals surface area contributed by atoms with Gasteiger partial charge in [-0.15, -0.1) is 10.2 Å². The zero-order chi connectivity index (χ0) is 35.4. The molecule has 1 saturated carbocycles. The summed E-state index contributed by atoms with van der Waals surface area (Å²) < 4.78 is 27.4. The lowest BCUT2D eigenvalue weighted by Crippen LogP contribution is -2.52. The minimum Gasteiger partial charge on any atom is -0.487 e. The fourth-order valence-electron chi connectivity index (χ4n) is 7.66. The zero-order valence-corrected chi connectivity index (χ0v) is 29.8. The van der Waals surface area contributed by atoms with Gasteiger partial charge in [-0.1, -0.05) is 19.9 Å². The predicted molar refractivity (Wildman–Crippen MR) is 188 cm³/mol. The smallest absolute Gasteiger partial charge is 0.256 e. The molecule has 7 rings (SSSR count). The molecule has 2 saturated heterocycles. The van der Waals surface area contributed by atoms with Crippen molar-refractivity contribution in [3.63, 3.8) is 0 Å². The minimum absolute atomic E-state index is 0.196. The van der Waals surface area contributed by atoms with Gasteiger partial charge in [0, 0.05) is 48.6 Å². The van der Waals surface area contributed by atoms with Crippen LogP contribution in [0.25, 0.3) is 11.1 Å². The molecule has 1 aliphatic carbocycles. The highest BCUT2D eigenvalue weighted by molar-refractivity contribution is 5.67. The van der Waals surface area contributed by atoms with Crippen molar-refractivity contribution in [1.29, 1.82) is 5.26 Å². The Balaban J connectivity index is 1.05. The summed E-state index contributed by atoms with van der Waals surface area (Å²) >= 11 is 0. The van der Waals surface area contributed by atoms with E-state index in [-0.39, 0.29) is 17.6 Å². The number of hydrogen-bond donors (Lipinski definition) is 1. The van der Waals surface area contributed by atoms with Crippen molar-refractivity contribution in [3.8, 4) is 28.8 Å². The zero-order valence-electron chi connectivity index (χ0n) is 29.8. The van der Waals surface area contributed by atoms with Crippen molar-refractivity contribution >= 4 is 11.6 Å². The number of benzene rings is 1. The Bertz CT molecular complexity index is 1770. The number of nitrogens with one attached hydrogen (secondary N) is 1. The first-order valence-corrected chi connectivity index (χ1v) is 17.9. The van der Waals surface area contributed by atoms with Crippen molar-refractivity contribution in [2.24, 2.45) is 5.41 Å². The van der Waals surface area contributed by atoms with E-state index in [1.807, 2.05) is 25.3 Å². The molecular formula is C36H47N11O4. The average molecular weight is 698 g/mol. The largest absolute Gasteiger partial charge is 0.487 e. The van der Waals surface area contributed by atoms with E-state index in [2.05, 4.69) is 60.3 Å². The summed E-state index contributed by atoms with van der Waals surface area (Å²) in [4.78, 5) is 12.0. The Labute approximate surface area is 298 Å². The summed E-state index contributed by atoms with van der Waals surface area (Å²) in [5.41, 5.74) is 2.56. The van der Waals surface area contributed by atoms with Crippen molar-refractivity contribution in [3.05, 3.63) is 48.7 Å². The van der Waals surface area contributed by atoms with Gasteiger partial charge in [0.1, 0.15) is 29.9 Å². The number of hydrogen-bond acceptors (Lipinski definition) is 13. The third-order valence-electron chi connectivity index (χ3n) is 10.1. The summed E-state index contributed by atoms with van der Waals surface area (Å²) in [6, 6.07) is 9.71. The maximum atomic E-state index is 9.70. The molecule has 1 aromatic carbocycles. The molecule has 1 N–H and O–H groups in total. The first-order valence-electron chi connectivity index (χ1n) is 17.9. The van der Waals surface area contributed by atoms with Gasteiger partial charge in [-0.05, 0) is 73.6 Å². The highest BCUT2D eigenvalue weighted by Crippen LogP contribution is 2.40. The van der Waals surface area contributed by atoms with Crippen LogP contribution in [0.1, 0.15) is 70.9 Å². The van der Waals surface area contributed by atoms with Crippen LogP contribution in [0.2, 0.25) is 0 Å². The summed E-state index contributed by atoms with van der Waals surface area (Å²) in [7, 11) is 1.70. The number of ether oxygens (including phenoxy) is 4. The fourth-order valence-corrected chi connectivity index (χ4v) is 7.66. The van der Waals surface area contributed by atoms with E-state index in [9.17, 15) is 5.26 Å². The van der Waals surface area contributed by atoms with E-state index in [4.69, 9.17) is 24.0 Å². The number of rotatable bonds is 14. The molecule has 3 fully saturated rings. The Morgan fingerprint density at radius 3 is 2.41 bits per heavy atom. The van der Waals surface area contributed by atoms with Crippen LogP contribution in [0.4, 0.5) is 11.6 Å². The lowest BCUT2D eigenvalue weighted by molar-refractivity contribution is -0.0458. The summed E-state index contributed by atoms with van der Waals surface area (Å²) in [5, 5.41) is 29.2. The molecule has 270 valence electrons. The summed E-state index contributed by atoms with van der Waals surface area (Å²) in [6.45, 7) is 9.31. The van der Waals surface area contributed by atoms with Gasteiger partial charge >= 0.3 is 0 Å². The lowest BCUT2D eigenvalue weighted by atomic mass is 9.89. The maximum Gasteiger partial charge on any atom is 0.256 e. The molecule has 15 heteroatoms. The lowest BCUT2D eigenvalue weighted by Gasteiger charge is -2.43. The second kappa shape index (κ2) is 15.3. The van der Waals surface area contributed by atoms with Crippen molar-refractivity contribution in [1.82, 2.24) is 44.9 Å². The Morgan fingerprint density at radius 1 is 1.00 bits per heavy atom. The van der Waals surface area contributed by atoms with Crippen LogP contribution in [0.3, 0.4) is 0 Å². The number of fused-ring (bicyclic) bond motifs is 2. The number of anilines is 2. The number of nitrogens with zero attached hydrogens (tertiary/aromatic N) is 10. The molecule has 3 aliphatic rings. The SMILES string of the molecule is COCC(C)(C)COc1nn(C2CCC(N3[C@@H]4CC[C@H]3COC4)CC2)cc1Nc1ncc(-c2ccc(C#N)c(OC(C)Cn3cnnn3)c2)cn1. The van der Waals surface area contributed by atoms with Crippen LogP contribution >= 0.6 is 0 Å². The number of nitriles is 1. The third kappa shape index (κ3) is 8.14. The maximum absolute atomic E-state index is 9.70. The van der Waals surface area contributed by atoms with E-state index in [1.165, 1.54) is 19.2 Å². The van der Waals surface area contributed by atoms with Crippen LogP contribution in [-0.4, -0.2) is 103 Å². The molecule has 51 heavy (non-hydrogen) atoms. The number of tetrazole rings is 1. The van der Waals surface area contributed by atoms with Crippen molar-refractivity contribution < 1.29 is 18.9 Å². The van der Waals surface area contributed by atoms with Crippen LogP contribution in [0, 0.1) is 16.7 Å². The molecule has 15 nitrogen and oxygen atoms in total.